The van der Waals surface area contributed by atoms with Gasteiger partial charge in [0.2, 0.25) is 17.8 Å². The fourth-order valence-corrected chi connectivity index (χ4v) is 2.62. The maximum absolute atomic E-state index is 12.1. The van der Waals surface area contributed by atoms with E-state index in [2.05, 4.69) is 20.5 Å². The Bertz CT molecular complexity index is 740. The summed E-state index contributed by atoms with van der Waals surface area (Å²) in [5, 5.41) is 9.47. The molecule has 2 aromatic rings. The van der Waals surface area contributed by atoms with Gasteiger partial charge in [0.15, 0.2) is 0 Å². The predicted molar refractivity (Wildman–Crippen MR) is 86.6 cm³/mol. The van der Waals surface area contributed by atoms with Gasteiger partial charge in [-0.3, -0.25) is 20.0 Å². The number of carbonyl (C=O) groups is 2. The molecule has 2 heterocycles. The molecule has 0 saturated carbocycles. The van der Waals surface area contributed by atoms with Crippen LogP contribution in [-0.2, 0) is 16.0 Å². The lowest BCUT2D eigenvalue weighted by atomic mass is 10.1. The number of hydrogen-bond donors (Lipinski definition) is 2. The van der Waals surface area contributed by atoms with Crippen molar-refractivity contribution in [2.45, 2.75) is 12.8 Å². The molecular weight excluding hydrogens is 310 g/mol. The van der Waals surface area contributed by atoms with Crippen LogP contribution in [0.25, 0.3) is 0 Å². The largest absolute Gasteiger partial charge is 0.497 e. The first kappa shape index (κ1) is 16.0. The van der Waals surface area contributed by atoms with E-state index in [9.17, 15) is 9.59 Å². The average molecular weight is 329 g/mol. The zero-order chi connectivity index (χ0) is 17.1. The van der Waals surface area contributed by atoms with E-state index in [4.69, 9.17) is 4.74 Å². The highest BCUT2D eigenvalue weighted by molar-refractivity contribution is 5.96. The van der Waals surface area contributed by atoms with Crippen molar-refractivity contribution in [2.75, 3.05) is 26.0 Å². The highest BCUT2D eigenvalue weighted by atomic mass is 16.5. The standard InChI is InChI=1S/C16H19N5O3/c1-21-9-11(8-14(21)22)15(23)18-16-17-13(19-20-16)7-10-3-5-12(24-2)6-4-10/h3-6,11H,7-9H2,1-2H3,(H2,17,18,19,20,23)/t11-/m0/s1. The summed E-state index contributed by atoms with van der Waals surface area (Å²) in [7, 11) is 3.31. The highest BCUT2D eigenvalue weighted by Crippen LogP contribution is 2.18. The van der Waals surface area contributed by atoms with Crippen LogP contribution in [0.2, 0.25) is 0 Å². The molecule has 2 amide bonds. The molecule has 2 N–H and O–H groups in total. The number of anilines is 1. The van der Waals surface area contributed by atoms with Crippen molar-refractivity contribution in [3.8, 4) is 5.75 Å². The van der Waals surface area contributed by atoms with Gasteiger partial charge in [-0.05, 0) is 17.7 Å². The second-order valence-electron chi connectivity index (χ2n) is 5.80. The van der Waals surface area contributed by atoms with E-state index in [0.29, 0.717) is 18.8 Å². The number of nitrogens with one attached hydrogen (secondary N) is 2. The van der Waals surface area contributed by atoms with Crippen molar-refractivity contribution in [1.82, 2.24) is 20.1 Å². The molecule has 1 aromatic heterocycles. The zero-order valence-electron chi connectivity index (χ0n) is 13.6. The van der Waals surface area contributed by atoms with Gasteiger partial charge in [-0.15, -0.1) is 5.10 Å². The van der Waals surface area contributed by atoms with Crippen molar-refractivity contribution < 1.29 is 14.3 Å². The number of aromatic amines is 1. The molecule has 1 aromatic carbocycles. The molecule has 126 valence electrons. The number of nitrogens with zero attached hydrogens (tertiary/aromatic N) is 3. The summed E-state index contributed by atoms with van der Waals surface area (Å²) in [4.78, 5) is 29.5. The SMILES string of the molecule is COc1ccc(Cc2nc(NC(=O)[C@H]3CC(=O)N(C)C3)n[nH]2)cc1. The molecule has 1 aliphatic heterocycles. The van der Waals surface area contributed by atoms with Crippen molar-refractivity contribution in [3.63, 3.8) is 0 Å². The number of hydrogen-bond acceptors (Lipinski definition) is 5. The quantitative estimate of drug-likeness (QED) is 0.846. The Kier molecular flexibility index (Phi) is 4.45. The van der Waals surface area contributed by atoms with Gasteiger partial charge in [0.05, 0.1) is 13.0 Å². The number of ether oxygens (including phenoxy) is 1. The molecule has 0 unspecified atom stereocenters. The predicted octanol–water partition coefficient (Wildman–Crippen LogP) is 0.821. The van der Waals surface area contributed by atoms with Crippen molar-refractivity contribution in [3.05, 3.63) is 35.7 Å². The third-order valence-electron chi connectivity index (χ3n) is 4.01. The van der Waals surface area contributed by atoms with Crippen LogP contribution in [0.4, 0.5) is 5.95 Å². The van der Waals surface area contributed by atoms with Crippen LogP contribution in [0.5, 0.6) is 5.75 Å². The van der Waals surface area contributed by atoms with Crippen LogP contribution in [0.3, 0.4) is 0 Å². The molecule has 0 aliphatic carbocycles. The Morgan fingerprint density at radius 3 is 2.79 bits per heavy atom. The number of H-pyrrole nitrogens is 1. The zero-order valence-corrected chi connectivity index (χ0v) is 13.6. The molecule has 3 rings (SSSR count). The lowest BCUT2D eigenvalue weighted by Crippen LogP contribution is -2.26. The van der Waals surface area contributed by atoms with Crippen LogP contribution in [-0.4, -0.2) is 52.6 Å². The normalized spacial score (nSPS) is 17.2. The molecule has 0 radical (unpaired) electrons. The van der Waals surface area contributed by atoms with Crippen LogP contribution < -0.4 is 10.1 Å². The monoisotopic (exact) mass is 329 g/mol. The van der Waals surface area contributed by atoms with Crippen LogP contribution >= 0.6 is 0 Å². The van der Waals surface area contributed by atoms with Crippen LogP contribution in [0.15, 0.2) is 24.3 Å². The van der Waals surface area contributed by atoms with Crippen molar-refractivity contribution in [1.29, 1.82) is 0 Å². The summed E-state index contributed by atoms with van der Waals surface area (Å²) in [5.41, 5.74) is 1.05. The Morgan fingerprint density at radius 2 is 2.17 bits per heavy atom. The molecule has 24 heavy (non-hydrogen) atoms. The number of aromatic nitrogens is 3. The van der Waals surface area contributed by atoms with Crippen molar-refractivity contribution >= 4 is 17.8 Å². The first-order chi connectivity index (χ1) is 11.5. The Morgan fingerprint density at radius 1 is 1.42 bits per heavy atom. The number of methoxy groups -OCH3 is 1. The molecule has 8 heteroatoms. The Hall–Kier alpha value is -2.90. The lowest BCUT2D eigenvalue weighted by Gasteiger charge is -2.08. The molecule has 1 fully saturated rings. The summed E-state index contributed by atoms with van der Waals surface area (Å²) in [6.45, 7) is 0.424. The van der Waals surface area contributed by atoms with Gasteiger partial charge >= 0.3 is 0 Å². The minimum Gasteiger partial charge on any atom is -0.497 e. The molecular formula is C16H19N5O3. The minimum absolute atomic E-state index is 0.0228. The fourth-order valence-electron chi connectivity index (χ4n) is 2.62. The summed E-state index contributed by atoms with van der Waals surface area (Å²) in [6, 6.07) is 7.64. The molecule has 1 aliphatic rings. The number of carbonyl (C=O) groups excluding carboxylic acids is 2. The van der Waals surface area contributed by atoms with E-state index in [0.717, 1.165) is 11.3 Å². The minimum atomic E-state index is -0.356. The van der Waals surface area contributed by atoms with Gasteiger partial charge in [-0.2, -0.15) is 4.98 Å². The Labute approximate surface area is 139 Å². The number of likely N-dealkylation sites (tertiary alicyclic amines) is 1. The second kappa shape index (κ2) is 6.69. The van der Waals surface area contributed by atoms with Crippen LogP contribution in [0.1, 0.15) is 17.8 Å². The van der Waals surface area contributed by atoms with E-state index in [1.165, 1.54) is 0 Å². The molecule has 1 saturated heterocycles. The highest BCUT2D eigenvalue weighted by Gasteiger charge is 2.32. The van der Waals surface area contributed by atoms with Gasteiger partial charge < -0.3 is 9.64 Å². The summed E-state index contributed by atoms with van der Waals surface area (Å²) in [5.74, 6) is 1.06. The summed E-state index contributed by atoms with van der Waals surface area (Å²) < 4.78 is 5.12. The first-order valence-corrected chi connectivity index (χ1v) is 7.64. The van der Waals surface area contributed by atoms with Gasteiger partial charge in [-0.25, -0.2) is 0 Å². The lowest BCUT2D eigenvalue weighted by molar-refractivity contribution is -0.127. The van der Waals surface area contributed by atoms with Crippen LogP contribution in [0, 0.1) is 5.92 Å². The topological polar surface area (TPSA) is 100 Å². The number of amides is 2. The van der Waals surface area contributed by atoms with Gasteiger partial charge in [0, 0.05) is 26.4 Å². The van der Waals surface area contributed by atoms with E-state index in [1.807, 2.05) is 24.3 Å². The van der Waals surface area contributed by atoms with E-state index in [-0.39, 0.29) is 30.1 Å². The number of rotatable bonds is 5. The van der Waals surface area contributed by atoms with Gasteiger partial charge in [-0.1, -0.05) is 12.1 Å². The Balaban J connectivity index is 1.59. The third-order valence-corrected chi connectivity index (χ3v) is 4.01. The maximum Gasteiger partial charge on any atom is 0.248 e. The van der Waals surface area contributed by atoms with E-state index in [1.54, 1.807) is 19.1 Å². The van der Waals surface area contributed by atoms with E-state index < -0.39 is 0 Å². The fraction of sp³-hybridized carbons (Fsp3) is 0.375. The first-order valence-electron chi connectivity index (χ1n) is 7.64. The number of benzene rings is 1. The van der Waals surface area contributed by atoms with E-state index >= 15 is 0 Å². The van der Waals surface area contributed by atoms with Crippen molar-refractivity contribution in [2.24, 2.45) is 5.92 Å². The maximum atomic E-state index is 12.1. The van der Waals surface area contributed by atoms with Gasteiger partial charge in [0.25, 0.3) is 0 Å². The average Bonchev–Trinajstić information content (AvgIpc) is 3.15. The third kappa shape index (κ3) is 3.53. The summed E-state index contributed by atoms with van der Waals surface area (Å²) >= 11 is 0. The smallest absolute Gasteiger partial charge is 0.248 e. The molecule has 1 atom stereocenters. The van der Waals surface area contributed by atoms with Gasteiger partial charge in [0.1, 0.15) is 11.6 Å². The second-order valence-corrected chi connectivity index (χ2v) is 5.80. The summed E-state index contributed by atoms with van der Waals surface area (Å²) in [6.07, 6.45) is 0.795. The molecule has 0 bridgehead atoms. The molecule has 0 spiro atoms. The molecule has 8 nitrogen and oxygen atoms in total.